The van der Waals surface area contributed by atoms with E-state index in [0.717, 1.165) is 58.7 Å². The molecule has 0 atom stereocenters. The summed E-state index contributed by atoms with van der Waals surface area (Å²) in [6.45, 7) is 0.611. The molecule has 6 rings (SSSR count). The second kappa shape index (κ2) is 20.0. The van der Waals surface area contributed by atoms with E-state index in [-0.39, 0.29) is 0 Å². The molecule has 1 fully saturated rings. The van der Waals surface area contributed by atoms with E-state index >= 15 is 0 Å². The summed E-state index contributed by atoms with van der Waals surface area (Å²) in [5, 5.41) is 9.26. The van der Waals surface area contributed by atoms with Gasteiger partial charge in [0.15, 0.2) is 11.5 Å². The molecule has 7 heteroatoms. The van der Waals surface area contributed by atoms with Gasteiger partial charge in [0.05, 0.1) is 13.2 Å². The molecule has 5 aromatic carbocycles. The summed E-state index contributed by atoms with van der Waals surface area (Å²) >= 11 is 0. The lowest BCUT2D eigenvalue weighted by molar-refractivity contribution is 0.149. The number of nitrogens with one attached hydrogen (secondary N) is 3. The van der Waals surface area contributed by atoms with Gasteiger partial charge in [-0.1, -0.05) is 55.0 Å². The van der Waals surface area contributed by atoms with E-state index in [0.29, 0.717) is 12.7 Å². The summed E-state index contributed by atoms with van der Waals surface area (Å²) in [5.41, 5.74) is 4.40. The molecule has 7 nitrogen and oxygen atoms in total. The average Bonchev–Trinajstić information content (AvgIpc) is 3.16. The fourth-order valence-corrected chi connectivity index (χ4v) is 5.06. The Hall–Kier alpha value is -5.30. The Balaban J connectivity index is 0.000000163. The Morgan fingerprint density at radius 1 is 0.542 bits per heavy atom. The molecule has 252 valence electrons. The van der Waals surface area contributed by atoms with Gasteiger partial charge in [-0.2, -0.15) is 0 Å². The number of hydrogen-bond donors (Lipinski definition) is 3. The van der Waals surface area contributed by atoms with Gasteiger partial charge in [-0.15, -0.1) is 0 Å². The zero-order valence-corrected chi connectivity index (χ0v) is 28.6. The molecule has 0 unspecified atom stereocenters. The molecule has 0 heterocycles. The van der Waals surface area contributed by atoms with Gasteiger partial charge in [0.2, 0.25) is 0 Å². The van der Waals surface area contributed by atoms with Crippen molar-refractivity contribution >= 4 is 17.1 Å². The normalized spacial score (nSPS) is 12.2. The van der Waals surface area contributed by atoms with Gasteiger partial charge in [-0.25, -0.2) is 0 Å². The van der Waals surface area contributed by atoms with Crippen molar-refractivity contribution in [3.8, 4) is 28.7 Å². The molecule has 0 amide bonds. The van der Waals surface area contributed by atoms with E-state index < -0.39 is 0 Å². The van der Waals surface area contributed by atoms with Crippen LogP contribution in [-0.2, 0) is 6.61 Å². The quantitative estimate of drug-likeness (QED) is 0.132. The van der Waals surface area contributed by atoms with Gasteiger partial charge in [0.1, 0.15) is 23.9 Å². The van der Waals surface area contributed by atoms with E-state index in [2.05, 4.69) is 28.1 Å². The third kappa shape index (κ3) is 12.1. The molecular weight excluding hydrogens is 598 g/mol. The van der Waals surface area contributed by atoms with E-state index in [1.807, 2.05) is 136 Å². The van der Waals surface area contributed by atoms with Gasteiger partial charge in [0.25, 0.3) is 0 Å². The SMILES string of the molecule is CNc1ccc(OC)c(OC2CCCCC2)c1.CNc1ccc(OCc2ccccc2)cc1.CNc1ccc(Oc2ccccc2)cc1. The summed E-state index contributed by atoms with van der Waals surface area (Å²) < 4.78 is 22.7. The van der Waals surface area contributed by atoms with Crippen molar-refractivity contribution in [1.82, 2.24) is 0 Å². The van der Waals surface area contributed by atoms with E-state index in [1.54, 1.807) is 7.11 Å². The largest absolute Gasteiger partial charge is 0.493 e. The Morgan fingerprint density at radius 2 is 1.06 bits per heavy atom. The minimum Gasteiger partial charge on any atom is -0.493 e. The minimum absolute atomic E-state index is 0.352. The lowest BCUT2D eigenvalue weighted by atomic mass is 9.98. The van der Waals surface area contributed by atoms with E-state index in [9.17, 15) is 0 Å². The lowest BCUT2D eigenvalue weighted by Gasteiger charge is -2.24. The van der Waals surface area contributed by atoms with Gasteiger partial charge in [-0.3, -0.25) is 0 Å². The molecule has 0 aromatic heterocycles. The molecule has 3 N–H and O–H groups in total. The monoisotopic (exact) mass is 647 g/mol. The van der Waals surface area contributed by atoms with Crippen molar-refractivity contribution in [1.29, 1.82) is 0 Å². The number of rotatable bonds is 11. The van der Waals surface area contributed by atoms with Crippen molar-refractivity contribution in [2.45, 2.75) is 44.8 Å². The lowest BCUT2D eigenvalue weighted by Crippen LogP contribution is -2.19. The number of methoxy groups -OCH3 is 1. The predicted octanol–water partition coefficient (Wildman–Crippen LogP) is 10.3. The number of para-hydroxylation sites is 1. The van der Waals surface area contributed by atoms with Crippen LogP contribution in [0.4, 0.5) is 17.1 Å². The number of anilines is 3. The first-order valence-corrected chi connectivity index (χ1v) is 16.6. The Bertz CT molecular complexity index is 1570. The fraction of sp³-hybridized carbons (Fsp3) is 0.268. The van der Waals surface area contributed by atoms with E-state index in [4.69, 9.17) is 18.9 Å². The average molecular weight is 648 g/mol. The van der Waals surface area contributed by atoms with Crippen LogP contribution in [-0.4, -0.2) is 34.4 Å². The highest BCUT2D eigenvalue weighted by molar-refractivity contribution is 5.54. The second-order valence-electron chi connectivity index (χ2n) is 11.2. The zero-order chi connectivity index (χ0) is 33.8. The molecule has 0 radical (unpaired) electrons. The highest BCUT2D eigenvalue weighted by Crippen LogP contribution is 2.33. The summed E-state index contributed by atoms with van der Waals surface area (Å²) in [4.78, 5) is 0. The zero-order valence-electron chi connectivity index (χ0n) is 28.6. The summed E-state index contributed by atoms with van der Waals surface area (Å²) in [5.74, 6) is 4.26. The molecule has 1 saturated carbocycles. The second-order valence-corrected chi connectivity index (χ2v) is 11.2. The topological polar surface area (TPSA) is 73.0 Å². The molecule has 0 aliphatic heterocycles. The van der Waals surface area contributed by atoms with Crippen LogP contribution in [0, 0.1) is 0 Å². The Labute approximate surface area is 286 Å². The number of benzene rings is 5. The molecular formula is C41H49N3O4. The van der Waals surface area contributed by atoms with Crippen LogP contribution in [0.5, 0.6) is 28.7 Å². The van der Waals surface area contributed by atoms with Crippen LogP contribution < -0.4 is 34.9 Å². The van der Waals surface area contributed by atoms with Crippen molar-refractivity contribution < 1.29 is 18.9 Å². The maximum atomic E-state index is 6.05. The molecule has 48 heavy (non-hydrogen) atoms. The Kier molecular flexibility index (Phi) is 14.8. The smallest absolute Gasteiger partial charge is 0.163 e. The molecule has 1 aliphatic rings. The number of ether oxygens (including phenoxy) is 4. The summed E-state index contributed by atoms with van der Waals surface area (Å²) in [6, 6.07) is 41.6. The van der Waals surface area contributed by atoms with Crippen LogP contribution in [0.3, 0.4) is 0 Å². The van der Waals surface area contributed by atoms with Crippen LogP contribution in [0.25, 0.3) is 0 Å². The molecule has 0 spiro atoms. The van der Waals surface area contributed by atoms with Crippen molar-refractivity contribution in [2.24, 2.45) is 0 Å². The maximum absolute atomic E-state index is 6.05. The first kappa shape index (κ1) is 35.6. The number of hydrogen-bond acceptors (Lipinski definition) is 7. The third-order valence-electron chi connectivity index (χ3n) is 7.81. The molecule has 0 bridgehead atoms. The maximum Gasteiger partial charge on any atom is 0.163 e. The van der Waals surface area contributed by atoms with Crippen LogP contribution in [0.1, 0.15) is 37.7 Å². The van der Waals surface area contributed by atoms with Crippen LogP contribution >= 0.6 is 0 Å². The highest BCUT2D eigenvalue weighted by atomic mass is 16.5. The van der Waals surface area contributed by atoms with Crippen molar-refractivity contribution in [3.05, 3.63) is 133 Å². The molecule has 0 saturated heterocycles. The predicted molar refractivity (Wildman–Crippen MR) is 199 cm³/mol. The minimum atomic E-state index is 0.352. The van der Waals surface area contributed by atoms with E-state index in [1.165, 1.54) is 24.8 Å². The van der Waals surface area contributed by atoms with Gasteiger partial charge in [-0.05, 0) is 104 Å². The first-order chi connectivity index (χ1) is 23.6. The van der Waals surface area contributed by atoms with Crippen LogP contribution in [0.2, 0.25) is 0 Å². The van der Waals surface area contributed by atoms with Gasteiger partial charge in [0, 0.05) is 44.3 Å². The highest BCUT2D eigenvalue weighted by Gasteiger charge is 2.17. The third-order valence-corrected chi connectivity index (χ3v) is 7.81. The summed E-state index contributed by atoms with van der Waals surface area (Å²) in [7, 11) is 7.39. The first-order valence-electron chi connectivity index (χ1n) is 16.6. The molecule has 5 aromatic rings. The van der Waals surface area contributed by atoms with Crippen molar-refractivity contribution in [3.63, 3.8) is 0 Å². The molecule has 1 aliphatic carbocycles. The summed E-state index contributed by atoms with van der Waals surface area (Å²) in [6.07, 6.45) is 6.56. The van der Waals surface area contributed by atoms with Crippen LogP contribution in [0.15, 0.2) is 127 Å². The Morgan fingerprint density at radius 3 is 1.62 bits per heavy atom. The van der Waals surface area contributed by atoms with Crippen molar-refractivity contribution in [2.75, 3.05) is 44.2 Å². The van der Waals surface area contributed by atoms with Gasteiger partial charge >= 0.3 is 0 Å². The fourth-order valence-electron chi connectivity index (χ4n) is 5.06. The standard InChI is InChI=1S/C14H21NO2.C14H15NO.C13H13NO/c1-15-11-8-9-13(16-2)14(10-11)17-12-6-4-3-5-7-12;1-15-13-7-9-14(10-8-13)16-11-12-5-3-2-4-6-12;1-14-11-7-9-13(10-8-11)15-12-5-3-2-4-6-12/h8-10,12,15H,3-7H2,1-2H3;2-10,15H,11H2,1H3;2-10,14H,1H3. The van der Waals surface area contributed by atoms with Gasteiger partial charge < -0.3 is 34.9 Å².